The Kier molecular flexibility index (Phi) is 6.45. The number of aryl methyl sites for hydroxylation is 1. The van der Waals surface area contributed by atoms with Gasteiger partial charge >= 0.3 is 5.97 Å². The van der Waals surface area contributed by atoms with Gasteiger partial charge in [0.2, 0.25) is 0 Å². The Labute approximate surface area is 162 Å². The molecule has 1 atom stereocenters. The fourth-order valence-corrected chi connectivity index (χ4v) is 5.48. The molecule has 0 aliphatic heterocycles. The zero-order valence-electron chi connectivity index (χ0n) is 15.2. The van der Waals surface area contributed by atoms with Crippen LogP contribution < -0.4 is 10.2 Å². The van der Waals surface area contributed by atoms with Gasteiger partial charge in [0.05, 0.1) is 24.6 Å². The van der Waals surface area contributed by atoms with Gasteiger partial charge in [-0.1, -0.05) is 12.5 Å². The highest BCUT2D eigenvalue weighted by molar-refractivity contribution is 7.17. The van der Waals surface area contributed by atoms with E-state index in [1.807, 2.05) is 18.5 Å². The molecule has 2 heterocycles. The normalized spacial score (nSPS) is 15.0. The standard InChI is InChI=1S/C19H24N2O3S2/c1-21(11-13-7-6-10-25-13)12-16(22)20-18-17(19(23)24-2)14-8-4-3-5-9-15(14)26-18/h6-7,10H,3-5,8-9,11-12H2,1-2H3,(H,20,22)/p+1. The SMILES string of the molecule is COC(=O)c1c(NC(=O)C[NH+](C)Cc2cccs2)sc2c1CCCCC2. The van der Waals surface area contributed by atoms with Crippen LogP contribution in [-0.2, 0) is 28.9 Å². The highest BCUT2D eigenvalue weighted by Gasteiger charge is 2.26. The summed E-state index contributed by atoms with van der Waals surface area (Å²) in [6.45, 7) is 1.18. The molecule has 3 rings (SSSR count). The summed E-state index contributed by atoms with van der Waals surface area (Å²) < 4.78 is 4.99. The molecule has 0 fully saturated rings. The Morgan fingerprint density at radius 1 is 1.27 bits per heavy atom. The van der Waals surface area contributed by atoms with Gasteiger partial charge in [0.25, 0.3) is 5.91 Å². The van der Waals surface area contributed by atoms with Gasteiger partial charge in [-0.05, 0) is 42.7 Å². The minimum absolute atomic E-state index is 0.0689. The van der Waals surface area contributed by atoms with Crippen molar-refractivity contribution in [3.05, 3.63) is 38.4 Å². The summed E-state index contributed by atoms with van der Waals surface area (Å²) in [4.78, 5) is 28.4. The van der Waals surface area contributed by atoms with Crippen LogP contribution in [0.1, 0.15) is 44.9 Å². The molecule has 2 aromatic rings. The number of likely N-dealkylation sites (N-methyl/N-ethyl adjacent to an activating group) is 1. The fraction of sp³-hybridized carbons (Fsp3) is 0.474. The predicted octanol–water partition coefficient (Wildman–Crippen LogP) is 2.52. The summed E-state index contributed by atoms with van der Waals surface area (Å²) in [7, 11) is 3.40. The minimum Gasteiger partial charge on any atom is -0.465 e. The van der Waals surface area contributed by atoms with Crippen molar-refractivity contribution in [2.75, 3.05) is 26.0 Å². The maximum atomic E-state index is 12.5. The van der Waals surface area contributed by atoms with Crippen molar-refractivity contribution in [3.63, 3.8) is 0 Å². The van der Waals surface area contributed by atoms with Crippen molar-refractivity contribution in [3.8, 4) is 0 Å². The molecular formula is C19H25N2O3S2+. The first-order valence-corrected chi connectivity index (χ1v) is 10.6. The Balaban J connectivity index is 1.72. The van der Waals surface area contributed by atoms with Crippen molar-refractivity contribution >= 4 is 39.6 Å². The number of quaternary nitrogens is 1. The molecule has 5 nitrogen and oxygen atoms in total. The van der Waals surface area contributed by atoms with E-state index < -0.39 is 0 Å². The third-order valence-electron chi connectivity index (χ3n) is 4.58. The Bertz CT molecular complexity index is 768. The molecule has 1 aliphatic rings. The number of carbonyl (C=O) groups is 2. The molecular weight excluding hydrogens is 368 g/mol. The second kappa shape index (κ2) is 8.79. The van der Waals surface area contributed by atoms with E-state index in [1.54, 1.807) is 11.3 Å². The van der Waals surface area contributed by atoms with Crippen LogP contribution >= 0.6 is 22.7 Å². The van der Waals surface area contributed by atoms with Crippen molar-refractivity contribution in [2.45, 2.75) is 38.6 Å². The van der Waals surface area contributed by atoms with Gasteiger partial charge in [-0.15, -0.1) is 22.7 Å². The molecule has 0 radical (unpaired) electrons. The van der Waals surface area contributed by atoms with Crippen molar-refractivity contribution in [1.29, 1.82) is 0 Å². The molecule has 0 saturated carbocycles. The van der Waals surface area contributed by atoms with Crippen LogP contribution in [-0.4, -0.2) is 32.6 Å². The van der Waals surface area contributed by atoms with E-state index >= 15 is 0 Å². The maximum Gasteiger partial charge on any atom is 0.341 e. The third kappa shape index (κ3) is 4.52. The van der Waals surface area contributed by atoms with Crippen molar-refractivity contribution in [1.82, 2.24) is 0 Å². The van der Waals surface area contributed by atoms with Gasteiger partial charge < -0.3 is 15.0 Å². The number of fused-ring (bicyclic) bond motifs is 1. The van der Waals surface area contributed by atoms with E-state index in [0.717, 1.165) is 42.7 Å². The molecule has 1 unspecified atom stereocenters. The lowest BCUT2D eigenvalue weighted by molar-refractivity contribution is -0.884. The van der Waals surface area contributed by atoms with Gasteiger partial charge in [0, 0.05) is 4.88 Å². The Morgan fingerprint density at radius 3 is 2.81 bits per heavy atom. The summed E-state index contributed by atoms with van der Waals surface area (Å²) in [5, 5.41) is 5.67. The number of hydrogen-bond donors (Lipinski definition) is 2. The van der Waals surface area contributed by atoms with Gasteiger partial charge in [-0.2, -0.15) is 0 Å². The first-order chi connectivity index (χ1) is 12.6. The molecule has 140 valence electrons. The van der Waals surface area contributed by atoms with Gasteiger partial charge in [-0.25, -0.2) is 4.79 Å². The van der Waals surface area contributed by atoms with E-state index in [9.17, 15) is 9.59 Å². The second-order valence-corrected chi connectivity index (χ2v) is 8.84. The quantitative estimate of drug-likeness (QED) is 0.586. The second-order valence-electron chi connectivity index (χ2n) is 6.70. The van der Waals surface area contributed by atoms with Crippen LogP contribution in [0.2, 0.25) is 0 Å². The Morgan fingerprint density at radius 2 is 2.08 bits per heavy atom. The number of methoxy groups -OCH3 is 1. The molecule has 0 saturated heterocycles. The molecule has 26 heavy (non-hydrogen) atoms. The lowest BCUT2D eigenvalue weighted by atomic mass is 10.1. The first-order valence-electron chi connectivity index (χ1n) is 8.95. The molecule has 1 amide bonds. The lowest BCUT2D eigenvalue weighted by Crippen LogP contribution is -3.08. The van der Waals surface area contributed by atoms with E-state index in [-0.39, 0.29) is 11.9 Å². The summed E-state index contributed by atoms with van der Waals surface area (Å²) in [6.07, 6.45) is 5.25. The molecule has 2 N–H and O–H groups in total. The van der Waals surface area contributed by atoms with Gasteiger partial charge in [-0.3, -0.25) is 4.79 Å². The van der Waals surface area contributed by atoms with Crippen LogP contribution in [0.15, 0.2) is 17.5 Å². The zero-order valence-corrected chi connectivity index (χ0v) is 16.9. The average Bonchev–Trinajstić information content (AvgIpc) is 3.16. The number of ether oxygens (including phenoxy) is 1. The molecule has 1 aliphatic carbocycles. The van der Waals surface area contributed by atoms with Crippen LogP contribution in [0.3, 0.4) is 0 Å². The van der Waals surface area contributed by atoms with Crippen molar-refractivity contribution < 1.29 is 19.2 Å². The smallest absolute Gasteiger partial charge is 0.341 e. The summed E-state index contributed by atoms with van der Waals surface area (Å²) >= 11 is 3.24. The fourth-order valence-electron chi connectivity index (χ4n) is 3.37. The topological polar surface area (TPSA) is 59.8 Å². The lowest BCUT2D eigenvalue weighted by Gasteiger charge is -2.13. The van der Waals surface area contributed by atoms with E-state index in [0.29, 0.717) is 17.1 Å². The summed E-state index contributed by atoms with van der Waals surface area (Å²) in [5.41, 5.74) is 1.65. The van der Waals surface area contributed by atoms with Gasteiger partial charge in [0.15, 0.2) is 6.54 Å². The predicted molar refractivity (Wildman–Crippen MR) is 105 cm³/mol. The number of amides is 1. The molecule has 2 aromatic heterocycles. The van der Waals surface area contributed by atoms with E-state index in [2.05, 4.69) is 11.4 Å². The van der Waals surface area contributed by atoms with E-state index in [1.165, 1.54) is 34.6 Å². The maximum absolute atomic E-state index is 12.5. The number of hydrogen-bond acceptors (Lipinski definition) is 5. The number of thiophene rings is 2. The monoisotopic (exact) mass is 393 g/mol. The highest BCUT2D eigenvalue weighted by Crippen LogP contribution is 2.37. The van der Waals surface area contributed by atoms with Crippen LogP contribution in [0, 0.1) is 0 Å². The number of rotatable bonds is 6. The molecule has 0 aromatic carbocycles. The Hall–Kier alpha value is -1.70. The van der Waals surface area contributed by atoms with Crippen LogP contribution in [0.4, 0.5) is 5.00 Å². The third-order valence-corrected chi connectivity index (χ3v) is 6.67. The van der Waals surface area contributed by atoms with E-state index in [4.69, 9.17) is 4.74 Å². The number of esters is 1. The van der Waals surface area contributed by atoms with Crippen molar-refractivity contribution in [2.24, 2.45) is 0 Å². The number of anilines is 1. The number of nitrogens with one attached hydrogen (secondary N) is 2. The van der Waals surface area contributed by atoms with Gasteiger partial charge in [0.1, 0.15) is 11.5 Å². The first kappa shape index (κ1) is 19.1. The van der Waals surface area contributed by atoms with Crippen LogP contribution in [0.5, 0.6) is 0 Å². The largest absolute Gasteiger partial charge is 0.465 e. The number of carbonyl (C=O) groups excluding carboxylic acids is 2. The minimum atomic E-state index is -0.348. The zero-order chi connectivity index (χ0) is 18.5. The molecule has 0 spiro atoms. The molecule has 7 heteroatoms. The highest BCUT2D eigenvalue weighted by atomic mass is 32.1. The summed E-state index contributed by atoms with van der Waals surface area (Å²) in [5.74, 6) is -0.417. The van der Waals surface area contributed by atoms with Crippen LogP contribution in [0.25, 0.3) is 0 Å². The molecule has 0 bridgehead atoms. The average molecular weight is 394 g/mol. The summed E-state index contributed by atoms with van der Waals surface area (Å²) in [6, 6.07) is 4.10.